The van der Waals surface area contributed by atoms with Crippen LogP contribution < -0.4 is 5.32 Å². The van der Waals surface area contributed by atoms with E-state index in [0.29, 0.717) is 0 Å². The number of carbonyl (C=O) groups is 3. The lowest BCUT2D eigenvalue weighted by Crippen LogP contribution is -2.58. The van der Waals surface area contributed by atoms with Gasteiger partial charge in [0.2, 0.25) is 17.7 Å². The summed E-state index contributed by atoms with van der Waals surface area (Å²) in [6, 6.07) is 1.28. The summed E-state index contributed by atoms with van der Waals surface area (Å²) in [5.41, 5.74) is 0.908. The topological polar surface area (TPSA) is 66.5 Å². The Morgan fingerprint density at radius 2 is 2.35 bits per heavy atom. The highest BCUT2D eigenvalue weighted by molar-refractivity contribution is 7.07. The van der Waals surface area contributed by atoms with E-state index in [1.165, 1.54) is 16.2 Å². The third-order valence-electron chi connectivity index (χ3n) is 2.68. The summed E-state index contributed by atoms with van der Waals surface area (Å²) in [5.74, 6) is -1.04. The summed E-state index contributed by atoms with van der Waals surface area (Å²) in [6.07, 6.45) is 0.231. The zero-order valence-electron chi connectivity index (χ0n) is 9.30. The van der Waals surface area contributed by atoms with Crippen LogP contribution in [0.4, 0.5) is 0 Å². The fourth-order valence-corrected chi connectivity index (χ4v) is 2.36. The maximum Gasteiger partial charge on any atom is 0.249 e. The standard InChI is InChI=1S/C11H12N2O3S/c1-7-11(16)12-9(14)5-13(7)10(15)4-8-2-3-17-6-8/h2-3,6-7H,4-5H2,1H3,(H,12,14,16). The van der Waals surface area contributed by atoms with Crippen LogP contribution in [0.15, 0.2) is 16.8 Å². The Balaban J connectivity index is 2.07. The Bertz CT molecular complexity index is 455. The van der Waals surface area contributed by atoms with Crippen molar-refractivity contribution in [1.29, 1.82) is 0 Å². The molecular weight excluding hydrogens is 240 g/mol. The molecule has 0 saturated carbocycles. The summed E-state index contributed by atoms with van der Waals surface area (Å²) >= 11 is 1.51. The normalized spacial score (nSPS) is 20.3. The number of nitrogens with one attached hydrogen (secondary N) is 1. The molecule has 90 valence electrons. The Morgan fingerprint density at radius 1 is 1.59 bits per heavy atom. The first kappa shape index (κ1) is 11.8. The minimum absolute atomic E-state index is 0.0458. The van der Waals surface area contributed by atoms with Gasteiger partial charge in [-0.15, -0.1) is 0 Å². The predicted molar refractivity (Wildman–Crippen MR) is 62.3 cm³/mol. The summed E-state index contributed by atoms with van der Waals surface area (Å²) in [7, 11) is 0. The molecule has 1 N–H and O–H groups in total. The zero-order chi connectivity index (χ0) is 12.4. The van der Waals surface area contributed by atoms with Crippen molar-refractivity contribution in [3.05, 3.63) is 22.4 Å². The van der Waals surface area contributed by atoms with E-state index in [1.807, 2.05) is 16.8 Å². The van der Waals surface area contributed by atoms with E-state index in [4.69, 9.17) is 0 Å². The molecule has 1 aliphatic rings. The van der Waals surface area contributed by atoms with Gasteiger partial charge in [-0.3, -0.25) is 19.7 Å². The van der Waals surface area contributed by atoms with E-state index < -0.39 is 17.9 Å². The van der Waals surface area contributed by atoms with Crippen LogP contribution in [0.3, 0.4) is 0 Å². The number of nitrogens with zero attached hydrogens (tertiary/aromatic N) is 1. The smallest absolute Gasteiger partial charge is 0.249 e. The molecule has 0 bridgehead atoms. The molecule has 5 nitrogen and oxygen atoms in total. The molecule has 3 amide bonds. The molecule has 2 rings (SSSR count). The monoisotopic (exact) mass is 252 g/mol. The van der Waals surface area contributed by atoms with E-state index in [1.54, 1.807) is 6.92 Å². The number of thiophene rings is 1. The number of imide groups is 1. The van der Waals surface area contributed by atoms with Gasteiger partial charge in [0.1, 0.15) is 12.6 Å². The Hall–Kier alpha value is -1.69. The van der Waals surface area contributed by atoms with Crippen LogP contribution in [0.25, 0.3) is 0 Å². The molecule has 0 aromatic carbocycles. The van der Waals surface area contributed by atoms with Gasteiger partial charge in [-0.05, 0) is 29.3 Å². The van der Waals surface area contributed by atoms with Gasteiger partial charge in [-0.25, -0.2) is 0 Å². The molecule has 17 heavy (non-hydrogen) atoms. The molecule has 2 heterocycles. The molecule has 1 aromatic rings. The van der Waals surface area contributed by atoms with Gasteiger partial charge in [0.15, 0.2) is 0 Å². The van der Waals surface area contributed by atoms with Crippen LogP contribution in [0, 0.1) is 0 Å². The maximum absolute atomic E-state index is 12.0. The average Bonchev–Trinajstić information content (AvgIpc) is 2.76. The van der Waals surface area contributed by atoms with Gasteiger partial charge in [-0.2, -0.15) is 11.3 Å². The van der Waals surface area contributed by atoms with Crippen molar-refractivity contribution in [3.8, 4) is 0 Å². The largest absolute Gasteiger partial charge is 0.321 e. The number of piperazine rings is 1. The van der Waals surface area contributed by atoms with Gasteiger partial charge in [0.05, 0.1) is 6.42 Å². The highest BCUT2D eigenvalue weighted by atomic mass is 32.1. The molecule has 0 radical (unpaired) electrons. The van der Waals surface area contributed by atoms with Gasteiger partial charge in [0, 0.05) is 0 Å². The van der Waals surface area contributed by atoms with Crippen LogP contribution in [-0.4, -0.2) is 35.2 Å². The number of hydrogen-bond acceptors (Lipinski definition) is 4. The van der Waals surface area contributed by atoms with Crippen molar-refractivity contribution in [2.75, 3.05) is 6.54 Å². The van der Waals surface area contributed by atoms with Crippen LogP contribution >= 0.6 is 11.3 Å². The van der Waals surface area contributed by atoms with Crippen molar-refractivity contribution in [3.63, 3.8) is 0 Å². The molecule has 0 spiro atoms. The molecule has 1 aliphatic heterocycles. The number of rotatable bonds is 2. The summed E-state index contributed by atoms with van der Waals surface area (Å²) in [4.78, 5) is 35.9. The predicted octanol–water partition coefficient (Wildman–Crippen LogP) is 0.164. The minimum Gasteiger partial charge on any atom is -0.321 e. The van der Waals surface area contributed by atoms with Crippen LogP contribution in [0.5, 0.6) is 0 Å². The molecule has 0 aliphatic carbocycles. The zero-order valence-corrected chi connectivity index (χ0v) is 10.1. The maximum atomic E-state index is 12.0. The fraction of sp³-hybridized carbons (Fsp3) is 0.364. The molecule has 1 saturated heterocycles. The number of carbonyl (C=O) groups excluding carboxylic acids is 3. The molecule has 6 heteroatoms. The first-order chi connectivity index (χ1) is 8.08. The first-order valence-electron chi connectivity index (χ1n) is 5.22. The minimum atomic E-state index is -0.584. The lowest BCUT2D eigenvalue weighted by Gasteiger charge is -2.31. The SMILES string of the molecule is CC1C(=O)NC(=O)CN1C(=O)Cc1ccsc1. The summed E-state index contributed by atoms with van der Waals surface area (Å²) in [6.45, 7) is 1.57. The van der Waals surface area contributed by atoms with Gasteiger partial charge in [0.25, 0.3) is 0 Å². The molecule has 1 unspecified atom stereocenters. The second kappa shape index (κ2) is 4.67. The molecule has 1 aromatic heterocycles. The third kappa shape index (κ3) is 2.52. The van der Waals surface area contributed by atoms with Crippen molar-refractivity contribution in [2.45, 2.75) is 19.4 Å². The second-order valence-electron chi connectivity index (χ2n) is 3.92. The van der Waals surface area contributed by atoms with Crippen LogP contribution in [0.1, 0.15) is 12.5 Å². The van der Waals surface area contributed by atoms with Crippen molar-refractivity contribution in [1.82, 2.24) is 10.2 Å². The Kier molecular flexibility index (Phi) is 3.23. The molecule has 1 fully saturated rings. The van der Waals surface area contributed by atoms with E-state index in [9.17, 15) is 14.4 Å². The van der Waals surface area contributed by atoms with E-state index in [0.717, 1.165) is 5.56 Å². The highest BCUT2D eigenvalue weighted by Gasteiger charge is 2.33. The number of hydrogen-bond donors (Lipinski definition) is 1. The Labute approximate surface area is 102 Å². The fourth-order valence-electron chi connectivity index (χ4n) is 1.69. The average molecular weight is 252 g/mol. The van der Waals surface area contributed by atoms with E-state index in [2.05, 4.69) is 5.32 Å². The summed E-state index contributed by atoms with van der Waals surface area (Å²) < 4.78 is 0. The van der Waals surface area contributed by atoms with E-state index >= 15 is 0 Å². The van der Waals surface area contributed by atoms with Crippen LogP contribution in [0.2, 0.25) is 0 Å². The molecule has 1 atom stereocenters. The lowest BCUT2D eigenvalue weighted by molar-refractivity contribution is -0.149. The van der Waals surface area contributed by atoms with Gasteiger partial charge in [-0.1, -0.05) is 0 Å². The van der Waals surface area contributed by atoms with Crippen molar-refractivity contribution < 1.29 is 14.4 Å². The number of amides is 3. The second-order valence-corrected chi connectivity index (χ2v) is 4.70. The molecular formula is C11H12N2O3S. The van der Waals surface area contributed by atoms with Crippen LogP contribution in [-0.2, 0) is 20.8 Å². The van der Waals surface area contributed by atoms with Crippen molar-refractivity contribution >= 4 is 29.1 Å². The van der Waals surface area contributed by atoms with E-state index in [-0.39, 0.29) is 18.9 Å². The van der Waals surface area contributed by atoms with Gasteiger partial charge < -0.3 is 4.90 Å². The summed E-state index contributed by atoms with van der Waals surface area (Å²) in [5, 5.41) is 5.98. The Morgan fingerprint density at radius 3 is 3.00 bits per heavy atom. The highest BCUT2D eigenvalue weighted by Crippen LogP contribution is 2.11. The third-order valence-corrected chi connectivity index (χ3v) is 3.41. The van der Waals surface area contributed by atoms with Crippen molar-refractivity contribution in [2.24, 2.45) is 0 Å². The lowest BCUT2D eigenvalue weighted by atomic mass is 10.1. The first-order valence-corrected chi connectivity index (χ1v) is 6.16. The quantitative estimate of drug-likeness (QED) is 0.763. The van der Waals surface area contributed by atoms with Gasteiger partial charge >= 0.3 is 0 Å².